The molecule has 1 aliphatic heterocycles. The van der Waals surface area contributed by atoms with Crippen molar-refractivity contribution >= 4 is 17.4 Å². The Hall–Kier alpha value is -3.52. The number of hydrogen-bond donors (Lipinski definition) is 2. The molecule has 0 atom stereocenters. The molecule has 37 heavy (non-hydrogen) atoms. The van der Waals surface area contributed by atoms with Gasteiger partial charge in [0.1, 0.15) is 5.82 Å². The van der Waals surface area contributed by atoms with Crippen molar-refractivity contribution in [3.05, 3.63) is 65.2 Å². The SMILES string of the molecule is CCCc1cc(NCCNC2CCN(c3ncccn3)CC2)n2nc(C)c(-c3c(C)cccc3C)c2n1. The Bertz CT molecular complexity index is 1320. The van der Waals surface area contributed by atoms with Gasteiger partial charge < -0.3 is 15.5 Å². The molecule has 0 amide bonds. The average molecular weight is 499 g/mol. The summed E-state index contributed by atoms with van der Waals surface area (Å²) in [7, 11) is 0. The van der Waals surface area contributed by atoms with E-state index in [4.69, 9.17) is 10.1 Å². The Morgan fingerprint density at radius 1 is 0.946 bits per heavy atom. The molecule has 8 nitrogen and oxygen atoms in total. The molecule has 194 valence electrons. The number of anilines is 2. The van der Waals surface area contributed by atoms with Crippen molar-refractivity contribution in [3.8, 4) is 11.1 Å². The monoisotopic (exact) mass is 498 g/mol. The largest absolute Gasteiger partial charge is 0.369 e. The fraction of sp³-hybridized carbons (Fsp3) is 0.448. The highest BCUT2D eigenvalue weighted by molar-refractivity contribution is 5.84. The van der Waals surface area contributed by atoms with Gasteiger partial charge in [-0.2, -0.15) is 9.61 Å². The Balaban J connectivity index is 1.28. The molecule has 1 aliphatic rings. The zero-order valence-electron chi connectivity index (χ0n) is 22.5. The maximum absolute atomic E-state index is 5.07. The van der Waals surface area contributed by atoms with Crippen LogP contribution >= 0.6 is 0 Å². The average Bonchev–Trinajstić information content (AvgIpc) is 3.23. The Morgan fingerprint density at radius 2 is 1.68 bits per heavy atom. The summed E-state index contributed by atoms with van der Waals surface area (Å²) in [5.74, 6) is 1.84. The molecule has 1 aromatic carbocycles. The van der Waals surface area contributed by atoms with Crippen LogP contribution < -0.4 is 15.5 Å². The van der Waals surface area contributed by atoms with Crippen molar-refractivity contribution in [3.63, 3.8) is 0 Å². The third-order valence-corrected chi connectivity index (χ3v) is 7.25. The van der Waals surface area contributed by atoms with Crippen LogP contribution in [0.2, 0.25) is 0 Å². The third kappa shape index (κ3) is 5.44. The van der Waals surface area contributed by atoms with Crippen LogP contribution in [0.3, 0.4) is 0 Å². The van der Waals surface area contributed by atoms with Crippen LogP contribution in [-0.2, 0) is 6.42 Å². The third-order valence-electron chi connectivity index (χ3n) is 7.25. The molecule has 4 aromatic rings. The van der Waals surface area contributed by atoms with Gasteiger partial charge in [-0.25, -0.2) is 15.0 Å². The molecular weight excluding hydrogens is 460 g/mol. The molecule has 0 aliphatic carbocycles. The molecule has 0 unspecified atom stereocenters. The van der Waals surface area contributed by atoms with Gasteiger partial charge in [-0.1, -0.05) is 31.5 Å². The van der Waals surface area contributed by atoms with E-state index in [0.717, 1.165) is 86.2 Å². The normalized spacial score (nSPS) is 14.4. The lowest BCUT2D eigenvalue weighted by molar-refractivity contribution is 0.418. The lowest BCUT2D eigenvalue weighted by atomic mass is 9.96. The summed E-state index contributed by atoms with van der Waals surface area (Å²) < 4.78 is 1.99. The number of hydrogen-bond acceptors (Lipinski definition) is 7. The predicted molar refractivity (Wildman–Crippen MR) is 150 cm³/mol. The molecule has 3 aromatic heterocycles. The van der Waals surface area contributed by atoms with Crippen LogP contribution in [0.4, 0.5) is 11.8 Å². The highest BCUT2D eigenvalue weighted by Gasteiger charge is 2.21. The second-order valence-corrected chi connectivity index (χ2v) is 10.0. The van der Waals surface area contributed by atoms with E-state index in [9.17, 15) is 0 Å². The number of piperidine rings is 1. The topological polar surface area (TPSA) is 83.3 Å². The first-order valence-corrected chi connectivity index (χ1v) is 13.5. The highest BCUT2D eigenvalue weighted by Crippen LogP contribution is 2.34. The standard InChI is InChI=1S/C29H38N8/c1-5-8-24-19-25(31-16-15-30-23-11-17-36(18-12-23)29-32-13-7-14-33-29)37-28(34-24)27(22(4)35-37)26-20(2)9-6-10-21(26)3/h6-7,9-10,13-14,19,23,30-31H,5,8,11-12,15-18H2,1-4H3. The first-order valence-electron chi connectivity index (χ1n) is 13.5. The predicted octanol–water partition coefficient (Wildman–Crippen LogP) is 4.73. The molecule has 8 heteroatoms. The maximum Gasteiger partial charge on any atom is 0.225 e. The van der Waals surface area contributed by atoms with Crippen molar-refractivity contribution in [2.75, 3.05) is 36.4 Å². The van der Waals surface area contributed by atoms with Crippen molar-refractivity contribution < 1.29 is 0 Å². The van der Waals surface area contributed by atoms with E-state index in [1.807, 2.05) is 23.0 Å². The summed E-state index contributed by atoms with van der Waals surface area (Å²) in [5.41, 5.74) is 7.95. The smallest absolute Gasteiger partial charge is 0.225 e. The number of benzene rings is 1. The first-order chi connectivity index (χ1) is 18.0. The van der Waals surface area contributed by atoms with Crippen molar-refractivity contribution in [1.82, 2.24) is 29.9 Å². The van der Waals surface area contributed by atoms with E-state index in [0.29, 0.717) is 6.04 Å². The van der Waals surface area contributed by atoms with Gasteiger partial charge in [-0.05, 0) is 62.8 Å². The molecular formula is C29H38N8. The number of fused-ring (bicyclic) bond motifs is 1. The van der Waals surface area contributed by atoms with E-state index in [2.05, 4.69) is 77.5 Å². The Morgan fingerprint density at radius 3 is 2.38 bits per heavy atom. The molecule has 1 saturated heterocycles. The van der Waals surface area contributed by atoms with Crippen LogP contribution in [0.25, 0.3) is 16.8 Å². The first kappa shape index (κ1) is 25.1. The van der Waals surface area contributed by atoms with E-state index in [1.54, 1.807) is 0 Å². The van der Waals surface area contributed by atoms with E-state index < -0.39 is 0 Å². The minimum absolute atomic E-state index is 0.512. The van der Waals surface area contributed by atoms with Crippen molar-refractivity contribution in [2.24, 2.45) is 0 Å². The molecule has 0 saturated carbocycles. The van der Waals surface area contributed by atoms with Crippen LogP contribution in [0.15, 0.2) is 42.7 Å². The summed E-state index contributed by atoms with van der Waals surface area (Å²) in [6, 6.07) is 11.0. The fourth-order valence-corrected chi connectivity index (χ4v) is 5.39. The van der Waals surface area contributed by atoms with E-state index >= 15 is 0 Å². The Labute approximate surface area is 219 Å². The molecule has 0 radical (unpaired) electrons. The van der Waals surface area contributed by atoms with Gasteiger partial charge in [-0.15, -0.1) is 0 Å². The highest BCUT2D eigenvalue weighted by atomic mass is 15.3. The quantitative estimate of drug-likeness (QED) is 0.323. The minimum atomic E-state index is 0.512. The lowest BCUT2D eigenvalue weighted by Gasteiger charge is -2.32. The molecule has 5 rings (SSSR count). The second kappa shape index (κ2) is 11.3. The van der Waals surface area contributed by atoms with Gasteiger partial charge >= 0.3 is 0 Å². The minimum Gasteiger partial charge on any atom is -0.369 e. The van der Waals surface area contributed by atoms with Crippen LogP contribution in [0, 0.1) is 20.8 Å². The summed E-state index contributed by atoms with van der Waals surface area (Å²) in [4.78, 5) is 16.1. The number of aromatic nitrogens is 5. The number of nitrogens with one attached hydrogen (secondary N) is 2. The van der Waals surface area contributed by atoms with Gasteiger partial charge in [0.25, 0.3) is 0 Å². The molecule has 4 heterocycles. The molecule has 0 spiro atoms. The van der Waals surface area contributed by atoms with Gasteiger partial charge in [0, 0.05) is 56.4 Å². The molecule has 2 N–H and O–H groups in total. The van der Waals surface area contributed by atoms with Gasteiger partial charge in [-0.3, -0.25) is 0 Å². The summed E-state index contributed by atoms with van der Waals surface area (Å²) >= 11 is 0. The Kier molecular flexibility index (Phi) is 7.65. The van der Waals surface area contributed by atoms with Crippen LogP contribution in [0.1, 0.15) is 48.7 Å². The van der Waals surface area contributed by atoms with Gasteiger partial charge in [0.2, 0.25) is 5.95 Å². The fourth-order valence-electron chi connectivity index (χ4n) is 5.39. The summed E-state index contributed by atoms with van der Waals surface area (Å²) in [6.07, 6.45) is 7.82. The van der Waals surface area contributed by atoms with E-state index in [1.165, 1.54) is 16.7 Å². The summed E-state index contributed by atoms with van der Waals surface area (Å²) in [5, 5.41) is 12.3. The van der Waals surface area contributed by atoms with Crippen LogP contribution in [0.5, 0.6) is 0 Å². The number of aryl methyl sites for hydroxylation is 4. The number of rotatable bonds is 9. The van der Waals surface area contributed by atoms with E-state index in [-0.39, 0.29) is 0 Å². The zero-order chi connectivity index (χ0) is 25.8. The zero-order valence-corrected chi connectivity index (χ0v) is 22.5. The van der Waals surface area contributed by atoms with Gasteiger partial charge in [0.05, 0.1) is 11.3 Å². The second-order valence-electron chi connectivity index (χ2n) is 10.0. The van der Waals surface area contributed by atoms with Crippen molar-refractivity contribution in [2.45, 2.75) is 59.4 Å². The van der Waals surface area contributed by atoms with Crippen LogP contribution in [-0.4, -0.2) is 56.8 Å². The van der Waals surface area contributed by atoms with Crippen molar-refractivity contribution in [1.29, 1.82) is 0 Å². The molecule has 1 fully saturated rings. The maximum atomic E-state index is 5.07. The number of nitrogens with zero attached hydrogens (tertiary/aromatic N) is 6. The van der Waals surface area contributed by atoms with Gasteiger partial charge in [0.15, 0.2) is 5.65 Å². The summed E-state index contributed by atoms with van der Waals surface area (Å²) in [6.45, 7) is 12.3. The molecule has 0 bridgehead atoms. The lowest BCUT2D eigenvalue weighted by Crippen LogP contribution is -2.44.